The second-order valence-electron chi connectivity index (χ2n) is 7.02. The Morgan fingerprint density at radius 1 is 1.37 bits per heavy atom. The summed E-state index contributed by atoms with van der Waals surface area (Å²) < 4.78 is 11.1. The highest BCUT2D eigenvalue weighted by atomic mass is 127. The summed E-state index contributed by atoms with van der Waals surface area (Å²) in [5, 5.41) is 17.6. The van der Waals surface area contributed by atoms with Gasteiger partial charge in [0, 0.05) is 26.3 Å². The molecule has 1 aliphatic heterocycles. The van der Waals surface area contributed by atoms with Crippen LogP contribution in [0, 0.1) is 0 Å². The van der Waals surface area contributed by atoms with Crippen LogP contribution < -0.4 is 10.6 Å². The van der Waals surface area contributed by atoms with Gasteiger partial charge in [0.1, 0.15) is 5.60 Å². The molecule has 2 atom stereocenters. The van der Waals surface area contributed by atoms with Crippen molar-refractivity contribution in [1.29, 1.82) is 0 Å². The van der Waals surface area contributed by atoms with Gasteiger partial charge in [-0.3, -0.25) is 0 Å². The lowest BCUT2D eigenvalue weighted by molar-refractivity contribution is 0.0419. The van der Waals surface area contributed by atoms with Crippen molar-refractivity contribution in [3.63, 3.8) is 0 Å². The molecule has 0 spiro atoms. The van der Waals surface area contributed by atoms with Gasteiger partial charge in [-0.15, -0.1) is 24.0 Å². The molecule has 1 aliphatic carbocycles. The van der Waals surface area contributed by atoms with Crippen molar-refractivity contribution in [2.24, 2.45) is 4.99 Å². The van der Waals surface area contributed by atoms with Crippen molar-refractivity contribution >= 4 is 29.9 Å². The monoisotopic (exact) mass is 489 g/mol. The van der Waals surface area contributed by atoms with Crippen LogP contribution in [0.15, 0.2) is 29.3 Å². The molecule has 2 unspecified atom stereocenters. The highest BCUT2D eigenvalue weighted by molar-refractivity contribution is 14.0. The molecular formula is C20H32IN3O3. The molecule has 0 amide bonds. The van der Waals surface area contributed by atoms with Crippen molar-refractivity contribution in [2.45, 2.75) is 44.3 Å². The fourth-order valence-electron chi connectivity index (χ4n) is 3.56. The van der Waals surface area contributed by atoms with Gasteiger partial charge >= 0.3 is 0 Å². The number of nitrogens with one attached hydrogen (secondary N) is 2. The predicted molar refractivity (Wildman–Crippen MR) is 118 cm³/mol. The summed E-state index contributed by atoms with van der Waals surface area (Å²) in [5.74, 6) is 0.745. The normalized spacial score (nSPS) is 24.4. The molecule has 0 aromatic heterocycles. The molecule has 1 aromatic rings. The van der Waals surface area contributed by atoms with E-state index in [0.717, 1.165) is 70.1 Å². The van der Waals surface area contributed by atoms with Gasteiger partial charge in [-0.2, -0.15) is 0 Å². The van der Waals surface area contributed by atoms with Crippen LogP contribution in [-0.4, -0.2) is 56.6 Å². The van der Waals surface area contributed by atoms with Crippen LogP contribution in [-0.2, 0) is 21.5 Å². The van der Waals surface area contributed by atoms with Crippen LogP contribution >= 0.6 is 24.0 Å². The van der Waals surface area contributed by atoms with E-state index in [1.165, 1.54) is 5.56 Å². The number of hydrogen-bond acceptors (Lipinski definition) is 4. The fourth-order valence-corrected chi connectivity index (χ4v) is 3.56. The molecule has 1 saturated heterocycles. The lowest BCUT2D eigenvalue weighted by Crippen LogP contribution is -2.39. The number of fused-ring (bicyclic) bond motifs is 1. The number of rotatable bonds is 8. The lowest BCUT2D eigenvalue weighted by atomic mass is 9.96. The third kappa shape index (κ3) is 6.30. The number of aliphatic imine (C=N–C) groups is 1. The van der Waals surface area contributed by atoms with Crippen molar-refractivity contribution in [3.05, 3.63) is 35.4 Å². The summed E-state index contributed by atoms with van der Waals surface area (Å²) in [7, 11) is 0. The number of aliphatic hydroxyl groups is 1. The summed E-state index contributed by atoms with van der Waals surface area (Å²) in [4.78, 5) is 4.62. The van der Waals surface area contributed by atoms with Crippen LogP contribution in [0.3, 0.4) is 0 Å². The maximum absolute atomic E-state index is 11.0. The first-order valence-corrected chi connectivity index (χ1v) is 9.73. The average Bonchev–Trinajstić information content (AvgIpc) is 3.28. The van der Waals surface area contributed by atoms with Crippen molar-refractivity contribution < 1.29 is 14.6 Å². The van der Waals surface area contributed by atoms with E-state index >= 15 is 0 Å². The van der Waals surface area contributed by atoms with Gasteiger partial charge < -0.3 is 25.2 Å². The number of nitrogens with zero attached hydrogens (tertiary/aromatic N) is 1. The number of aryl methyl sites for hydroxylation is 1. The van der Waals surface area contributed by atoms with Crippen LogP contribution in [0.1, 0.15) is 37.3 Å². The van der Waals surface area contributed by atoms with Crippen LogP contribution in [0.5, 0.6) is 0 Å². The van der Waals surface area contributed by atoms with E-state index in [4.69, 9.17) is 9.47 Å². The Bertz CT molecular complexity index is 608. The first-order valence-electron chi connectivity index (χ1n) is 9.73. The van der Waals surface area contributed by atoms with E-state index in [0.29, 0.717) is 6.54 Å². The third-order valence-electron chi connectivity index (χ3n) is 5.02. The molecule has 6 nitrogen and oxygen atoms in total. The average molecular weight is 489 g/mol. The minimum Gasteiger partial charge on any atom is -0.383 e. The number of guanidine groups is 1. The summed E-state index contributed by atoms with van der Waals surface area (Å²) >= 11 is 0. The van der Waals surface area contributed by atoms with E-state index in [1.807, 2.05) is 25.1 Å². The summed E-state index contributed by atoms with van der Waals surface area (Å²) in [6, 6.07) is 8.12. The second kappa shape index (κ2) is 11.2. The number of ether oxygens (including phenoxy) is 2. The van der Waals surface area contributed by atoms with E-state index in [1.54, 1.807) is 0 Å². The molecule has 152 valence electrons. The number of halogens is 1. The Morgan fingerprint density at radius 3 is 3.00 bits per heavy atom. The van der Waals surface area contributed by atoms with E-state index in [9.17, 15) is 5.11 Å². The van der Waals surface area contributed by atoms with Gasteiger partial charge in [-0.1, -0.05) is 24.3 Å². The second-order valence-corrected chi connectivity index (χ2v) is 7.02. The van der Waals surface area contributed by atoms with Gasteiger partial charge in [0.25, 0.3) is 0 Å². The van der Waals surface area contributed by atoms with Crippen LogP contribution in [0.2, 0.25) is 0 Å². The Balaban J connectivity index is 0.00000261. The van der Waals surface area contributed by atoms with Gasteiger partial charge in [-0.25, -0.2) is 4.99 Å². The largest absolute Gasteiger partial charge is 0.383 e. The number of hydrogen-bond donors (Lipinski definition) is 3. The Kier molecular flexibility index (Phi) is 9.28. The summed E-state index contributed by atoms with van der Waals surface area (Å²) in [5.41, 5.74) is 1.40. The van der Waals surface area contributed by atoms with Gasteiger partial charge in [-0.05, 0) is 43.7 Å². The Labute approximate surface area is 179 Å². The van der Waals surface area contributed by atoms with Gasteiger partial charge in [0.2, 0.25) is 0 Å². The zero-order valence-electron chi connectivity index (χ0n) is 16.1. The van der Waals surface area contributed by atoms with Gasteiger partial charge in [0.05, 0.1) is 19.3 Å². The topological polar surface area (TPSA) is 75.1 Å². The zero-order valence-corrected chi connectivity index (χ0v) is 18.4. The van der Waals surface area contributed by atoms with E-state index in [2.05, 4.69) is 21.7 Å². The van der Waals surface area contributed by atoms with Crippen molar-refractivity contribution in [1.82, 2.24) is 10.6 Å². The standard InChI is InChI=1S/C20H31N3O3.HI/c1-2-21-19(22-11-5-12-26-17-9-13-25-14-17)23-15-20(24)10-8-16-6-3-4-7-18(16)20;/h3-4,6-7,17,24H,2,5,8-15H2,1H3,(H2,21,22,23);1H. The third-order valence-corrected chi connectivity index (χ3v) is 5.02. The maximum atomic E-state index is 11.0. The SMILES string of the molecule is CCNC(=NCC1(O)CCc2ccccc21)NCCCOC1CCOC1.I. The fraction of sp³-hybridized carbons (Fsp3) is 0.650. The molecule has 7 heteroatoms. The summed E-state index contributed by atoms with van der Waals surface area (Å²) in [6.07, 6.45) is 3.81. The molecule has 0 radical (unpaired) electrons. The maximum Gasteiger partial charge on any atom is 0.191 e. The number of benzene rings is 1. The molecular weight excluding hydrogens is 457 g/mol. The predicted octanol–water partition coefficient (Wildman–Crippen LogP) is 2.19. The first kappa shape index (κ1) is 22.4. The molecule has 2 aliphatic rings. The van der Waals surface area contributed by atoms with Crippen LogP contribution in [0.4, 0.5) is 0 Å². The van der Waals surface area contributed by atoms with Crippen LogP contribution in [0.25, 0.3) is 0 Å². The van der Waals surface area contributed by atoms with E-state index in [-0.39, 0.29) is 30.1 Å². The zero-order chi connectivity index (χ0) is 18.2. The minimum absolute atomic E-state index is 0. The Hall–Kier alpha value is -0.900. The minimum atomic E-state index is -0.857. The lowest BCUT2D eigenvalue weighted by Gasteiger charge is -2.22. The molecule has 27 heavy (non-hydrogen) atoms. The summed E-state index contributed by atoms with van der Waals surface area (Å²) in [6.45, 7) is 6.24. The van der Waals surface area contributed by atoms with E-state index < -0.39 is 5.60 Å². The molecule has 3 rings (SSSR count). The van der Waals surface area contributed by atoms with Crippen molar-refractivity contribution in [3.8, 4) is 0 Å². The molecule has 1 fully saturated rings. The quantitative estimate of drug-likeness (QED) is 0.226. The smallest absolute Gasteiger partial charge is 0.191 e. The molecule has 0 saturated carbocycles. The Morgan fingerprint density at radius 2 is 2.22 bits per heavy atom. The molecule has 0 bridgehead atoms. The van der Waals surface area contributed by atoms with Gasteiger partial charge in [0.15, 0.2) is 5.96 Å². The molecule has 3 N–H and O–H groups in total. The molecule has 1 heterocycles. The first-order chi connectivity index (χ1) is 12.7. The van der Waals surface area contributed by atoms with Crippen molar-refractivity contribution in [2.75, 3.05) is 39.5 Å². The molecule has 1 aromatic carbocycles. The highest BCUT2D eigenvalue weighted by Crippen LogP contribution is 2.36. The highest BCUT2D eigenvalue weighted by Gasteiger charge is 2.36.